The minimum Gasteiger partial charge on any atom is -0.510 e. The summed E-state index contributed by atoms with van der Waals surface area (Å²) in [7, 11) is 0. The molecule has 0 unspecified atom stereocenters. The van der Waals surface area contributed by atoms with Crippen molar-refractivity contribution in [3.05, 3.63) is 93.3 Å². The first-order chi connectivity index (χ1) is 22.8. The molecule has 2 bridgehead atoms. The van der Waals surface area contributed by atoms with E-state index in [1.54, 1.807) is 0 Å². The minimum absolute atomic E-state index is 0.0521. The first-order valence-electron chi connectivity index (χ1n) is 17.6. The molecule has 0 spiro atoms. The monoisotopic (exact) mass is 670 g/mol. The zero-order valence-electron chi connectivity index (χ0n) is 31.4. The Morgan fingerprint density at radius 2 is 1.29 bits per heavy atom. The van der Waals surface area contributed by atoms with Gasteiger partial charge < -0.3 is 15.3 Å². The van der Waals surface area contributed by atoms with Crippen LogP contribution in [-0.2, 0) is 9.59 Å². The Labute approximate surface area is 294 Å². The summed E-state index contributed by atoms with van der Waals surface area (Å²) >= 11 is 0. The van der Waals surface area contributed by atoms with E-state index in [1.165, 1.54) is 23.3 Å². The molecule has 0 aliphatic heterocycles. The van der Waals surface area contributed by atoms with E-state index in [-0.39, 0.29) is 36.5 Å². The van der Waals surface area contributed by atoms with Gasteiger partial charge in [-0.2, -0.15) is 0 Å². The number of benzene rings is 1. The number of carbonyl (C=O) groups excluding carboxylic acids is 3. The van der Waals surface area contributed by atoms with Gasteiger partial charge in [-0.1, -0.05) is 72.1 Å². The van der Waals surface area contributed by atoms with Gasteiger partial charge in [0.2, 0.25) is 0 Å². The number of hydrogen-bond acceptors (Lipinski definition) is 6. The number of fused-ring (bicyclic) bond motifs is 2. The molecule has 0 aromatic heterocycles. The van der Waals surface area contributed by atoms with Gasteiger partial charge in [-0.3, -0.25) is 14.4 Å². The normalized spacial score (nSPS) is 23.7. The van der Waals surface area contributed by atoms with Crippen molar-refractivity contribution < 1.29 is 29.7 Å². The highest BCUT2D eigenvalue weighted by Crippen LogP contribution is 2.66. The largest absolute Gasteiger partial charge is 0.510 e. The zero-order chi connectivity index (χ0) is 36.9. The van der Waals surface area contributed by atoms with Crippen molar-refractivity contribution in [2.45, 2.75) is 121 Å². The maximum atomic E-state index is 15.3. The summed E-state index contributed by atoms with van der Waals surface area (Å²) in [5, 5.41) is 32.4. The summed E-state index contributed by atoms with van der Waals surface area (Å²) in [6, 6.07) is 3.60. The average molecular weight is 671 g/mol. The first-order valence-corrected chi connectivity index (χ1v) is 17.6. The van der Waals surface area contributed by atoms with Crippen molar-refractivity contribution in [1.29, 1.82) is 0 Å². The number of rotatable bonds is 14. The van der Waals surface area contributed by atoms with Crippen LogP contribution in [0.4, 0.5) is 0 Å². The van der Waals surface area contributed by atoms with Gasteiger partial charge in [0.25, 0.3) is 0 Å². The van der Waals surface area contributed by atoms with Crippen LogP contribution in [0.2, 0.25) is 0 Å². The molecule has 1 aromatic rings. The average Bonchev–Trinajstić information content (AvgIpc) is 3.00. The molecule has 3 rings (SSSR count). The number of carbonyl (C=O) groups is 3. The lowest BCUT2D eigenvalue weighted by molar-refractivity contribution is -0.171. The lowest BCUT2D eigenvalue weighted by atomic mass is 9.40. The van der Waals surface area contributed by atoms with Crippen molar-refractivity contribution in [3.8, 4) is 11.5 Å². The predicted molar refractivity (Wildman–Crippen MR) is 199 cm³/mol. The van der Waals surface area contributed by atoms with Gasteiger partial charge >= 0.3 is 0 Å². The second-order valence-corrected chi connectivity index (χ2v) is 15.7. The van der Waals surface area contributed by atoms with Gasteiger partial charge in [-0.15, -0.1) is 0 Å². The molecule has 0 amide bonds. The van der Waals surface area contributed by atoms with E-state index in [4.69, 9.17) is 0 Å². The van der Waals surface area contributed by atoms with Crippen LogP contribution in [0.15, 0.2) is 87.8 Å². The molecule has 49 heavy (non-hydrogen) atoms. The lowest BCUT2D eigenvalue weighted by Gasteiger charge is -2.60. The standard InChI is InChI=1S/C43H58O6/c1-27(2)13-11-15-30(7)21-23-42-26-33(19-17-29(5)6)41(9,10)43(40(42)49,24-22-31(8)16-12-14-28(3)4)39(48)36(38(42)47)37(46)32-18-20-34(44)35(45)25-32/h13-14,17-18,20-22,25,33,44-45,47H,11-12,15-16,19,23-24,26H2,1-10H3/b30-21+,31-22+/t33-,42+,43-/m1/s1. The Balaban J connectivity index is 2.35. The molecule has 1 saturated carbocycles. The summed E-state index contributed by atoms with van der Waals surface area (Å²) in [5.41, 5.74) is 1.24. The number of aromatic hydroxyl groups is 2. The first kappa shape index (κ1) is 39.5. The van der Waals surface area contributed by atoms with Crippen LogP contribution >= 0.6 is 0 Å². The maximum Gasteiger partial charge on any atom is 0.200 e. The topological polar surface area (TPSA) is 112 Å². The highest BCUT2D eigenvalue weighted by molar-refractivity contribution is 6.35. The Kier molecular flexibility index (Phi) is 12.7. The van der Waals surface area contributed by atoms with E-state index in [0.717, 1.165) is 48.5 Å². The third-order valence-electron chi connectivity index (χ3n) is 10.9. The summed E-state index contributed by atoms with van der Waals surface area (Å²) in [6.07, 6.45) is 14.8. The Morgan fingerprint density at radius 3 is 1.80 bits per heavy atom. The van der Waals surface area contributed by atoms with Crippen LogP contribution < -0.4 is 0 Å². The van der Waals surface area contributed by atoms with Crippen LogP contribution in [0, 0.1) is 22.2 Å². The quantitative estimate of drug-likeness (QED) is 0.0597. The molecule has 0 radical (unpaired) electrons. The fourth-order valence-electron chi connectivity index (χ4n) is 7.53. The number of aliphatic hydroxyl groups is 1. The summed E-state index contributed by atoms with van der Waals surface area (Å²) in [6.45, 7) is 20.2. The predicted octanol–water partition coefficient (Wildman–Crippen LogP) is 10.8. The fourth-order valence-corrected chi connectivity index (χ4v) is 7.53. The number of phenolic OH excluding ortho intramolecular Hbond substituents is 2. The highest BCUT2D eigenvalue weighted by Gasteiger charge is 2.72. The van der Waals surface area contributed by atoms with Gasteiger partial charge in [0.15, 0.2) is 28.8 Å². The van der Waals surface area contributed by atoms with Crippen molar-refractivity contribution >= 4 is 17.3 Å². The summed E-state index contributed by atoms with van der Waals surface area (Å²) in [5.74, 6) is -3.32. The SMILES string of the molecule is CC(C)=CCC/C(C)=C/C[C@]12C[C@@H](CC=C(C)C)C(C)(C)[C@](C/C=C(\C)CCC=C(C)C)(C(=O)C(C(=O)c3ccc(O)c(O)c3)=C1O)C2=O. The number of Topliss-reactive ketones (excluding diaryl/α,β-unsaturated/α-hetero) is 3. The Morgan fingerprint density at radius 1 is 0.755 bits per heavy atom. The van der Waals surface area contributed by atoms with Crippen LogP contribution in [0.5, 0.6) is 11.5 Å². The number of phenols is 2. The second kappa shape index (κ2) is 15.7. The van der Waals surface area contributed by atoms with Gasteiger partial charge in [0, 0.05) is 5.56 Å². The van der Waals surface area contributed by atoms with E-state index in [0.29, 0.717) is 6.42 Å². The van der Waals surface area contributed by atoms with E-state index >= 15 is 9.59 Å². The van der Waals surface area contributed by atoms with Gasteiger partial charge in [0.1, 0.15) is 16.7 Å². The summed E-state index contributed by atoms with van der Waals surface area (Å²) < 4.78 is 0. The molecule has 0 saturated heterocycles. The molecule has 266 valence electrons. The van der Waals surface area contributed by atoms with E-state index in [2.05, 4.69) is 45.9 Å². The van der Waals surface area contributed by atoms with Crippen molar-refractivity contribution in [2.75, 3.05) is 0 Å². The molecular weight excluding hydrogens is 612 g/mol. The minimum atomic E-state index is -1.62. The molecule has 6 heteroatoms. The molecule has 1 aromatic carbocycles. The molecular formula is C43H58O6. The second-order valence-electron chi connectivity index (χ2n) is 15.7. The highest BCUT2D eigenvalue weighted by atomic mass is 16.3. The third-order valence-corrected chi connectivity index (χ3v) is 10.9. The summed E-state index contributed by atoms with van der Waals surface area (Å²) in [4.78, 5) is 44.7. The van der Waals surface area contributed by atoms with Crippen LogP contribution in [0.3, 0.4) is 0 Å². The number of allylic oxidation sites excluding steroid dienone is 12. The maximum absolute atomic E-state index is 15.3. The molecule has 0 heterocycles. The molecule has 1 fully saturated rings. The van der Waals surface area contributed by atoms with Gasteiger partial charge in [-0.05, 0) is 136 Å². The van der Waals surface area contributed by atoms with Crippen molar-refractivity contribution in [3.63, 3.8) is 0 Å². The van der Waals surface area contributed by atoms with Crippen LogP contribution in [-0.4, -0.2) is 32.7 Å². The van der Waals surface area contributed by atoms with Crippen molar-refractivity contribution in [1.82, 2.24) is 0 Å². The van der Waals surface area contributed by atoms with Crippen LogP contribution in [0.25, 0.3) is 0 Å². The number of ketones is 3. The zero-order valence-corrected chi connectivity index (χ0v) is 31.4. The third kappa shape index (κ3) is 8.11. The molecule has 3 N–H and O–H groups in total. The smallest absolute Gasteiger partial charge is 0.200 e. The number of hydrogen-bond donors (Lipinski definition) is 3. The molecule has 2 aliphatic carbocycles. The van der Waals surface area contributed by atoms with E-state index < -0.39 is 50.6 Å². The Hall–Kier alpha value is -3.93. The van der Waals surface area contributed by atoms with Gasteiger partial charge in [-0.25, -0.2) is 0 Å². The van der Waals surface area contributed by atoms with Crippen molar-refractivity contribution in [2.24, 2.45) is 22.2 Å². The molecule has 2 aliphatic rings. The fraction of sp³-hybridized carbons (Fsp3) is 0.512. The Bertz CT molecular complexity index is 1650. The number of aliphatic hydroxyl groups excluding tert-OH is 1. The molecule has 3 atom stereocenters. The molecule has 6 nitrogen and oxygen atoms in total. The van der Waals surface area contributed by atoms with E-state index in [9.17, 15) is 20.1 Å². The lowest BCUT2D eigenvalue weighted by Crippen LogP contribution is -2.67. The van der Waals surface area contributed by atoms with Crippen LogP contribution in [0.1, 0.15) is 131 Å². The van der Waals surface area contributed by atoms with E-state index in [1.807, 2.05) is 53.7 Å². The van der Waals surface area contributed by atoms with Gasteiger partial charge in [0.05, 0.1) is 5.41 Å².